The Morgan fingerprint density at radius 2 is 1.81 bits per heavy atom. The molecule has 4 bridgehead atoms. The Morgan fingerprint density at radius 1 is 1.04 bits per heavy atom. The molecule has 1 saturated heterocycles. The summed E-state index contributed by atoms with van der Waals surface area (Å²) in [5.74, 6) is -0.210. The third-order valence-corrected chi connectivity index (χ3v) is 16.7. The van der Waals surface area contributed by atoms with Crippen LogP contribution in [0.2, 0.25) is 0 Å². The Kier molecular flexibility index (Phi) is 3.90. The van der Waals surface area contributed by atoms with Gasteiger partial charge in [-0.2, -0.15) is 0 Å². The third kappa shape index (κ3) is 2.44. The molecule has 3 aliphatic heterocycles. The van der Waals surface area contributed by atoms with Crippen molar-refractivity contribution in [2.45, 2.75) is 19.8 Å². The summed E-state index contributed by atoms with van der Waals surface area (Å²) in [4.78, 5) is 24.7. The predicted molar refractivity (Wildman–Crippen MR) is 107 cm³/mol. The summed E-state index contributed by atoms with van der Waals surface area (Å²) in [5, 5.41) is 2.19. The van der Waals surface area contributed by atoms with Crippen molar-refractivity contribution in [2.24, 2.45) is 0 Å². The van der Waals surface area contributed by atoms with Crippen LogP contribution in [0.1, 0.15) is 29.2 Å². The number of imide groups is 1. The fourth-order valence-corrected chi connectivity index (χ4v) is 16.7. The molecule has 3 heterocycles. The van der Waals surface area contributed by atoms with E-state index in [4.69, 9.17) is 0 Å². The van der Waals surface area contributed by atoms with Gasteiger partial charge >= 0.3 is 165 Å². The fourth-order valence-electron chi connectivity index (χ4n) is 4.22. The molecule has 3 aliphatic rings. The molecular weight excluding hydrogens is 445 g/mol. The zero-order valence-electron chi connectivity index (χ0n) is 14.3. The minimum atomic E-state index is -2.47. The van der Waals surface area contributed by atoms with Gasteiger partial charge in [-0.25, -0.2) is 0 Å². The van der Waals surface area contributed by atoms with E-state index >= 15 is 0 Å². The Hall–Kier alpha value is -1.72. The molecule has 2 amide bonds. The van der Waals surface area contributed by atoms with E-state index in [9.17, 15) is 9.59 Å². The third-order valence-electron chi connectivity index (χ3n) is 5.43. The zero-order chi connectivity index (χ0) is 17.8. The van der Waals surface area contributed by atoms with Gasteiger partial charge in [0.25, 0.3) is 0 Å². The molecule has 5 rings (SSSR count). The van der Waals surface area contributed by atoms with Crippen LogP contribution in [0, 0.1) is 0 Å². The van der Waals surface area contributed by atoms with Gasteiger partial charge in [0.1, 0.15) is 0 Å². The molecule has 1 N–H and O–H groups in total. The SMILES string of the molecule is CCc1ccc(C[C]2=Cc3c4ccc[c]3[In]2/[C]4=C2\SC(=O)NC2=O)cc1. The summed E-state index contributed by atoms with van der Waals surface area (Å²) >= 11 is -1.39. The molecule has 0 radical (unpaired) electrons. The topological polar surface area (TPSA) is 46.2 Å². The van der Waals surface area contributed by atoms with Crippen molar-refractivity contribution in [1.82, 2.24) is 5.32 Å². The van der Waals surface area contributed by atoms with Gasteiger partial charge in [-0.3, -0.25) is 0 Å². The molecule has 0 saturated carbocycles. The van der Waals surface area contributed by atoms with E-state index in [1.165, 1.54) is 32.2 Å². The molecule has 126 valence electrons. The van der Waals surface area contributed by atoms with Crippen molar-refractivity contribution < 1.29 is 9.59 Å². The van der Waals surface area contributed by atoms with Crippen LogP contribution in [-0.4, -0.2) is 32.6 Å². The Balaban J connectivity index is 1.56. The molecule has 3 nitrogen and oxygen atoms in total. The molecule has 0 atom stereocenters. The van der Waals surface area contributed by atoms with Crippen molar-refractivity contribution in [2.75, 3.05) is 0 Å². The quantitative estimate of drug-likeness (QED) is 0.714. The molecular formula is C21H16InNO2S. The van der Waals surface area contributed by atoms with Crippen LogP contribution < -0.4 is 8.64 Å². The number of hydrogen-bond acceptors (Lipinski definition) is 3. The second-order valence-corrected chi connectivity index (χ2v) is 15.9. The van der Waals surface area contributed by atoms with Crippen LogP contribution in [-0.2, 0) is 17.6 Å². The summed E-state index contributed by atoms with van der Waals surface area (Å²) in [6.07, 6.45) is 4.37. The van der Waals surface area contributed by atoms with Gasteiger partial charge in [0.15, 0.2) is 0 Å². The van der Waals surface area contributed by atoms with Gasteiger partial charge < -0.3 is 0 Å². The molecule has 5 heteroatoms. The van der Waals surface area contributed by atoms with Gasteiger partial charge in [0.2, 0.25) is 0 Å². The Labute approximate surface area is 164 Å². The fraction of sp³-hybridized carbons (Fsp3) is 0.143. The minimum absolute atomic E-state index is 0.210. The van der Waals surface area contributed by atoms with Crippen molar-refractivity contribution in [3.63, 3.8) is 0 Å². The van der Waals surface area contributed by atoms with E-state index in [1.807, 2.05) is 0 Å². The predicted octanol–water partition coefficient (Wildman–Crippen LogP) is 3.38. The second-order valence-electron chi connectivity index (χ2n) is 6.89. The van der Waals surface area contributed by atoms with Crippen molar-refractivity contribution >= 4 is 57.1 Å². The van der Waals surface area contributed by atoms with E-state index in [0.717, 1.165) is 24.6 Å². The summed E-state index contributed by atoms with van der Waals surface area (Å²) in [6, 6.07) is 15.3. The van der Waals surface area contributed by atoms with Gasteiger partial charge in [-0.15, -0.1) is 0 Å². The first-order chi connectivity index (χ1) is 12.7. The first kappa shape index (κ1) is 16.5. The van der Waals surface area contributed by atoms with Crippen molar-refractivity contribution in [1.29, 1.82) is 0 Å². The number of carbonyl (C=O) groups excluding carboxylic acids is 2. The number of thioether (sulfide) groups is 1. The summed E-state index contributed by atoms with van der Waals surface area (Å²) in [5.41, 5.74) is 5.19. The number of allylic oxidation sites excluding steroid dienone is 1. The van der Waals surface area contributed by atoms with E-state index < -0.39 is 21.4 Å². The van der Waals surface area contributed by atoms with Gasteiger partial charge in [0, 0.05) is 0 Å². The molecule has 2 aromatic rings. The molecule has 0 unspecified atom stereocenters. The van der Waals surface area contributed by atoms with E-state index in [2.05, 4.69) is 60.8 Å². The van der Waals surface area contributed by atoms with Crippen molar-refractivity contribution in [3.05, 3.63) is 73.0 Å². The van der Waals surface area contributed by atoms with Gasteiger partial charge in [-0.05, 0) is 0 Å². The molecule has 0 spiro atoms. The molecule has 0 aliphatic carbocycles. The molecule has 26 heavy (non-hydrogen) atoms. The number of amides is 2. The average Bonchev–Trinajstić information content (AvgIpc) is 3.21. The van der Waals surface area contributed by atoms with Crippen LogP contribution >= 0.6 is 11.8 Å². The number of benzene rings is 2. The second kappa shape index (κ2) is 6.17. The van der Waals surface area contributed by atoms with Gasteiger partial charge in [0.05, 0.1) is 0 Å². The van der Waals surface area contributed by atoms with E-state index in [1.54, 1.807) is 0 Å². The first-order valence-corrected chi connectivity index (χ1v) is 14.6. The van der Waals surface area contributed by atoms with Gasteiger partial charge in [-0.1, -0.05) is 0 Å². The van der Waals surface area contributed by atoms with E-state index in [-0.39, 0.29) is 11.1 Å². The monoisotopic (exact) mass is 461 g/mol. The van der Waals surface area contributed by atoms with Crippen LogP contribution in [0.5, 0.6) is 0 Å². The summed E-state index contributed by atoms with van der Waals surface area (Å²) < 4.78 is 4.21. The standard InChI is InChI=1S/C21H16NO2S.In/c1-2-15-10-12-16(13-11-15)6-5-9-17-7-3-4-8-18(17)14-19-20(23)22-21(24)25-19;/h3-4,8-13H,2,6H2,1H3,(H,22,23,24);. The van der Waals surface area contributed by atoms with Crippen LogP contribution in [0.25, 0.3) is 9.41 Å². The normalized spacial score (nSPS) is 20.0. The zero-order valence-corrected chi connectivity index (χ0v) is 18.4. The molecule has 1 fully saturated rings. The van der Waals surface area contributed by atoms with Crippen molar-refractivity contribution in [3.8, 4) is 0 Å². The summed E-state index contributed by atoms with van der Waals surface area (Å²) in [7, 11) is 0. The molecule has 2 aromatic carbocycles. The molecule has 0 aromatic heterocycles. The van der Waals surface area contributed by atoms with Crippen LogP contribution in [0.3, 0.4) is 0 Å². The Morgan fingerprint density at radius 3 is 2.46 bits per heavy atom. The Bertz CT molecular complexity index is 1040. The van der Waals surface area contributed by atoms with Crippen LogP contribution in [0.4, 0.5) is 4.79 Å². The number of hydrogen-bond donors (Lipinski definition) is 1. The number of aryl methyl sites for hydroxylation is 1. The first-order valence-electron chi connectivity index (χ1n) is 8.84. The maximum atomic E-state index is 12.3. The number of rotatable bonds is 3. The number of nitrogens with one attached hydrogen (secondary N) is 1. The van der Waals surface area contributed by atoms with Crippen LogP contribution in [0.15, 0.2) is 50.7 Å². The average molecular weight is 461 g/mol. The summed E-state index contributed by atoms with van der Waals surface area (Å²) in [6.45, 7) is 2.17. The maximum absolute atomic E-state index is 12.3. The van der Waals surface area contributed by atoms with E-state index in [0.29, 0.717) is 4.91 Å². The number of carbonyl (C=O) groups is 2.